The number of carbonyl (C=O) groups excluding carboxylic acids is 1. The van der Waals surface area contributed by atoms with Gasteiger partial charge in [-0.15, -0.1) is 0 Å². The van der Waals surface area contributed by atoms with E-state index in [2.05, 4.69) is 28.8 Å². The normalized spacial score (nSPS) is 17.0. The van der Waals surface area contributed by atoms with Gasteiger partial charge in [0.15, 0.2) is 0 Å². The lowest BCUT2D eigenvalue weighted by Crippen LogP contribution is -2.24. The number of carbonyl (C=O) groups is 1. The van der Waals surface area contributed by atoms with Crippen LogP contribution in [-0.2, 0) is 11.3 Å². The third-order valence-corrected chi connectivity index (χ3v) is 5.40. The van der Waals surface area contributed by atoms with E-state index in [0.717, 1.165) is 48.2 Å². The lowest BCUT2D eigenvalue weighted by atomic mass is 10.1. The minimum absolute atomic E-state index is 0.147. The largest absolute Gasteiger partial charge is 0.465 e. The van der Waals surface area contributed by atoms with Crippen molar-refractivity contribution < 1.29 is 9.53 Å². The van der Waals surface area contributed by atoms with Crippen molar-refractivity contribution in [1.29, 1.82) is 0 Å². The van der Waals surface area contributed by atoms with Gasteiger partial charge in [0.1, 0.15) is 11.0 Å². The molecule has 6 nitrogen and oxygen atoms in total. The molecule has 0 saturated carbocycles. The van der Waals surface area contributed by atoms with Gasteiger partial charge in [-0.2, -0.15) is 5.10 Å². The van der Waals surface area contributed by atoms with E-state index in [1.165, 1.54) is 7.11 Å². The first-order valence-corrected chi connectivity index (χ1v) is 9.76. The summed E-state index contributed by atoms with van der Waals surface area (Å²) in [7, 11) is 1.38. The fourth-order valence-corrected chi connectivity index (χ4v) is 4.16. The molecular weight excluding hydrogens is 364 g/mol. The minimum Gasteiger partial charge on any atom is -0.465 e. The minimum atomic E-state index is -0.363. The van der Waals surface area contributed by atoms with Crippen molar-refractivity contribution in [2.45, 2.75) is 53.1 Å². The van der Waals surface area contributed by atoms with Crippen LogP contribution in [-0.4, -0.2) is 34.4 Å². The van der Waals surface area contributed by atoms with E-state index in [1.54, 1.807) is 6.07 Å². The fourth-order valence-electron chi connectivity index (χ4n) is 3.79. The standard InChI is InChI=1S/C20H27ClN4O2/c1-12(2)11-25-19(21)18(14(4)23-25)16-7-6-10-24(16)17-9-8-15(13(3)22-17)20(26)27-5/h8-9,12,16H,6-7,10-11H2,1-5H3. The number of methoxy groups -OCH3 is 1. The SMILES string of the molecule is COC(=O)c1ccc(N2CCCC2c2c(C)nn(CC(C)C)c2Cl)nc1C. The number of aromatic nitrogens is 3. The van der Waals surface area contributed by atoms with Crippen LogP contribution in [0.25, 0.3) is 0 Å². The van der Waals surface area contributed by atoms with Gasteiger partial charge in [0.05, 0.1) is 30.1 Å². The number of halogens is 1. The van der Waals surface area contributed by atoms with Gasteiger partial charge in [-0.3, -0.25) is 4.68 Å². The Morgan fingerprint density at radius 1 is 1.33 bits per heavy atom. The van der Waals surface area contributed by atoms with Gasteiger partial charge >= 0.3 is 5.97 Å². The first-order valence-electron chi connectivity index (χ1n) is 9.38. The predicted octanol–water partition coefficient (Wildman–Crippen LogP) is 4.33. The first kappa shape index (κ1) is 19.7. The van der Waals surface area contributed by atoms with Gasteiger partial charge < -0.3 is 9.64 Å². The zero-order chi connectivity index (χ0) is 19.7. The van der Waals surface area contributed by atoms with Gasteiger partial charge in [-0.25, -0.2) is 9.78 Å². The number of pyridine rings is 1. The van der Waals surface area contributed by atoms with E-state index in [9.17, 15) is 4.79 Å². The molecule has 0 N–H and O–H groups in total. The van der Waals surface area contributed by atoms with E-state index < -0.39 is 0 Å². The van der Waals surface area contributed by atoms with Crippen molar-refractivity contribution in [2.75, 3.05) is 18.6 Å². The average molecular weight is 391 g/mol. The zero-order valence-electron chi connectivity index (χ0n) is 16.6. The van der Waals surface area contributed by atoms with E-state index in [1.807, 2.05) is 24.6 Å². The molecular formula is C20H27ClN4O2. The summed E-state index contributed by atoms with van der Waals surface area (Å²) in [6, 6.07) is 3.82. The highest BCUT2D eigenvalue weighted by atomic mass is 35.5. The first-order chi connectivity index (χ1) is 12.8. The van der Waals surface area contributed by atoms with Gasteiger partial charge in [0, 0.05) is 18.7 Å². The number of aryl methyl sites for hydroxylation is 2. The van der Waals surface area contributed by atoms with E-state index >= 15 is 0 Å². The summed E-state index contributed by atoms with van der Waals surface area (Å²) < 4.78 is 6.73. The molecule has 1 fully saturated rings. The van der Waals surface area contributed by atoms with Crippen molar-refractivity contribution in [2.24, 2.45) is 5.92 Å². The predicted molar refractivity (Wildman–Crippen MR) is 106 cm³/mol. The topological polar surface area (TPSA) is 60.2 Å². The summed E-state index contributed by atoms with van der Waals surface area (Å²) in [5.41, 5.74) is 3.23. The molecule has 146 valence electrons. The molecule has 0 aliphatic carbocycles. The fraction of sp³-hybridized carbons (Fsp3) is 0.550. The number of nitrogens with zero attached hydrogens (tertiary/aromatic N) is 4. The van der Waals surface area contributed by atoms with Crippen LogP contribution in [0.5, 0.6) is 0 Å². The van der Waals surface area contributed by atoms with Gasteiger partial charge in [-0.1, -0.05) is 25.4 Å². The number of rotatable bonds is 5. The molecule has 0 amide bonds. The summed E-state index contributed by atoms with van der Waals surface area (Å²) in [5.74, 6) is 0.970. The van der Waals surface area contributed by atoms with Crippen molar-refractivity contribution in [3.8, 4) is 0 Å². The Kier molecular flexibility index (Phi) is 5.75. The summed E-state index contributed by atoms with van der Waals surface area (Å²) in [6.07, 6.45) is 2.07. The molecule has 2 aromatic heterocycles. The molecule has 7 heteroatoms. The van der Waals surface area contributed by atoms with Gasteiger partial charge in [0.2, 0.25) is 0 Å². The van der Waals surface area contributed by atoms with E-state index in [0.29, 0.717) is 17.2 Å². The van der Waals surface area contributed by atoms with Crippen LogP contribution in [0.15, 0.2) is 12.1 Å². The summed E-state index contributed by atoms with van der Waals surface area (Å²) in [4.78, 5) is 18.8. The molecule has 1 aliphatic heterocycles. The Morgan fingerprint density at radius 3 is 2.70 bits per heavy atom. The Hall–Kier alpha value is -2.08. The van der Waals surface area contributed by atoms with Crippen LogP contribution in [0.2, 0.25) is 5.15 Å². The summed E-state index contributed by atoms with van der Waals surface area (Å²) >= 11 is 6.72. The van der Waals surface area contributed by atoms with Crippen LogP contribution in [0.4, 0.5) is 5.82 Å². The maximum Gasteiger partial charge on any atom is 0.339 e. The second-order valence-electron chi connectivity index (χ2n) is 7.51. The molecule has 0 bridgehead atoms. The van der Waals surface area contributed by atoms with Crippen molar-refractivity contribution in [3.63, 3.8) is 0 Å². The van der Waals surface area contributed by atoms with Crippen molar-refractivity contribution in [1.82, 2.24) is 14.8 Å². The Bertz CT molecular complexity index is 847. The molecule has 3 rings (SSSR count). The summed E-state index contributed by atoms with van der Waals surface area (Å²) in [6.45, 7) is 9.87. The van der Waals surface area contributed by atoms with Crippen LogP contribution in [0, 0.1) is 19.8 Å². The van der Waals surface area contributed by atoms with Gasteiger partial charge in [-0.05, 0) is 44.7 Å². The highest BCUT2D eigenvalue weighted by molar-refractivity contribution is 6.30. The Morgan fingerprint density at radius 2 is 2.07 bits per heavy atom. The van der Waals surface area contributed by atoms with Gasteiger partial charge in [0.25, 0.3) is 0 Å². The third-order valence-electron chi connectivity index (χ3n) is 5.00. The van der Waals surface area contributed by atoms with Crippen LogP contribution in [0.1, 0.15) is 60.0 Å². The maximum atomic E-state index is 11.8. The lowest BCUT2D eigenvalue weighted by molar-refractivity contribution is 0.0599. The second-order valence-corrected chi connectivity index (χ2v) is 7.87. The second kappa shape index (κ2) is 7.89. The smallest absolute Gasteiger partial charge is 0.339 e. The number of anilines is 1. The molecule has 1 aliphatic rings. The Labute approximate surface area is 165 Å². The quantitative estimate of drug-likeness (QED) is 0.711. The number of hydrogen-bond donors (Lipinski definition) is 0. The molecule has 0 spiro atoms. The van der Waals surface area contributed by atoms with Crippen LogP contribution in [0.3, 0.4) is 0 Å². The molecule has 1 atom stereocenters. The highest BCUT2D eigenvalue weighted by Crippen LogP contribution is 2.40. The maximum absolute atomic E-state index is 11.8. The third kappa shape index (κ3) is 3.81. The number of hydrogen-bond acceptors (Lipinski definition) is 5. The van der Waals surface area contributed by atoms with E-state index in [-0.39, 0.29) is 12.0 Å². The zero-order valence-corrected chi connectivity index (χ0v) is 17.4. The molecule has 0 aromatic carbocycles. The lowest BCUT2D eigenvalue weighted by Gasteiger charge is -2.26. The summed E-state index contributed by atoms with van der Waals surface area (Å²) in [5, 5.41) is 5.39. The molecule has 2 aromatic rings. The van der Waals surface area contributed by atoms with Crippen molar-refractivity contribution in [3.05, 3.63) is 39.8 Å². The molecule has 1 saturated heterocycles. The number of ether oxygens (including phenoxy) is 1. The highest BCUT2D eigenvalue weighted by Gasteiger charge is 2.32. The molecule has 0 radical (unpaired) electrons. The molecule has 27 heavy (non-hydrogen) atoms. The molecule has 1 unspecified atom stereocenters. The average Bonchev–Trinajstić information content (AvgIpc) is 3.18. The molecule has 3 heterocycles. The monoisotopic (exact) mass is 390 g/mol. The number of esters is 1. The van der Waals surface area contributed by atoms with Crippen molar-refractivity contribution >= 4 is 23.4 Å². The Balaban J connectivity index is 1.94. The van der Waals surface area contributed by atoms with Crippen LogP contribution >= 0.6 is 11.6 Å². The van der Waals surface area contributed by atoms with Crippen LogP contribution < -0.4 is 4.90 Å². The van der Waals surface area contributed by atoms with E-state index in [4.69, 9.17) is 16.3 Å².